The summed E-state index contributed by atoms with van der Waals surface area (Å²) in [5.41, 5.74) is 4.10. The molecule has 5 heteroatoms. The van der Waals surface area contributed by atoms with Gasteiger partial charge in [0.05, 0.1) is 7.11 Å². The minimum atomic E-state index is 0.741. The predicted molar refractivity (Wildman–Crippen MR) is 94.9 cm³/mol. The highest BCUT2D eigenvalue weighted by molar-refractivity contribution is 5.85. The van der Waals surface area contributed by atoms with Crippen molar-refractivity contribution in [2.24, 2.45) is 0 Å². The highest BCUT2D eigenvalue weighted by Crippen LogP contribution is 2.26. The molecule has 120 valence electrons. The maximum Gasteiger partial charge on any atom is 0.123 e. The van der Waals surface area contributed by atoms with Gasteiger partial charge in [-0.2, -0.15) is 15.4 Å². The Bertz CT molecular complexity index is 993. The number of aromatic nitrogens is 3. The fraction of sp³-hybridized carbons (Fsp3) is 0.158. The van der Waals surface area contributed by atoms with Gasteiger partial charge < -0.3 is 10.1 Å². The van der Waals surface area contributed by atoms with Crippen molar-refractivity contribution in [3.63, 3.8) is 0 Å². The van der Waals surface area contributed by atoms with Crippen LogP contribution >= 0.6 is 0 Å². The number of ether oxygens (including phenoxy) is 1. The van der Waals surface area contributed by atoms with Crippen LogP contribution in [0.1, 0.15) is 11.1 Å². The fourth-order valence-corrected chi connectivity index (χ4v) is 2.93. The van der Waals surface area contributed by atoms with E-state index in [1.807, 2.05) is 18.2 Å². The summed E-state index contributed by atoms with van der Waals surface area (Å²) in [7, 11) is 1.71. The fourth-order valence-electron chi connectivity index (χ4n) is 2.93. The van der Waals surface area contributed by atoms with Gasteiger partial charge in [-0.1, -0.05) is 30.3 Å². The number of nitrogens with one attached hydrogen (secondary N) is 2. The van der Waals surface area contributed by atoms with E-state index >= 15 is 0 Å². The molecule has 0 unspecified atom stereocenters. The number of rotatable bonds is 5. The molecule has 1 aromatic heterocycles. The Morgan fingerprint density at radius 1 is 0.917 bits per heavy atom. The maximum atomic E-state index is 5.54. The zero-order valence-electron chi connectivity index (χ0n) is 13.4. The van der Waals surface area contributed by atoms with Crippen molar-refractivity contribution in [3.05, 3.63) is 65.7 Å². The van der Waals surface area contributed by atoms with Crippen molar-refractivity contribution < 1.29 is 4.74 Å². The van der Waals surface area contributed by atoms with Gasteiger partial charge in [0.15, 0.2) is 0 Å². The topological polar surface area (TPSA) is 62.8 Å². The van der Waals surface area contributed by atoms with Gasteiger partial charge in [-0.15, -0.1) is 0 Å². The van der Waals surface area contributed by atoms with Crippen LogP contribution in [0.15, 0.2) is 54.6 Å². The Hall–Kier alpha value is -2.92. The van der Waals surface area contributed by atoms with Crippen LogP contribution in [0.25, 0.3) is 21.8 Å². The first-order chi connectivity index (χ1) is 11.8. The lowest BCUT2D eigenvalue weighted by Gasteiger charge is -2.11. The van der Waals surface area contributed by atoms with Crippen LogP contribution in [0.5, 0.6) is 5.75 Å². The molecule has 0 fully saturated rings. The van der Waals surface area contributed by atoms with Crippen LogP contribution in [0.3, 0.4) is 0 Å². The molecule has 4 rings (SSSR count). The normalized spacial score (nSPS) is 11.2. The van der Waals surface area contributed by atoms with Crippen LogP contribution in [0.4, 0.5) is 0 Å². The molecule has 24 heavy (non-hydrogen) atoms. The van der Waals surface area contributed by atoms with E-state index in [4.69, 9.17) is 4.74 Å². The van der Waals surface area contributed by atoms with E-state index in [0.717, 1.165) is 35.4 Å². The molecule has 3 aromatic carbocycles. The van der Waals surface area contributed by atoms with Crippen molar-refractivity contribution in [1.82, 2.24) is 20.7 Å². The molecule has 0 bridgehead atoms. The number of hydrogen-bond donors (Lipinski definition) is 2. The molecule has 4 aromatic rings. The van der Waals surface area contributed by atoms with Gasteiger partial charge in [0, 0.05) is 18.7 Å². The second-order valence-electron chi connectivity index (χ2n) is 5.76. The third-order valence-corrected chi connectivity index (χ3v) is 4.17. The Balaban J connectivity index is 1.51. The standard InChI is InChI=1S/C19H18N4O/c1-24-19-10-15-5-3-2-4-14(15)9-16(19)12-20-11-13-6-7-17-18(8-13)22-23-21-17/h2-10,20H,11-12H2,1H3,(H,21,22,23). The Kier molecular flexibility index (Phi) is 3.84. The molecule has 0 aliphatic heterocycles. The monoisotopic (exact) mass is 318 g/mol. The summed E-state index contributed by atoms with van der Waals surface area (Å²) < 4.78 is 5.54. The van der Waals surface area contributed by atoms with Gasteiger partial charge in [-0.05, 0) is 40.6 Å². The van der Waals surface area contributed by atoms with E-state index in [-0.39, 0.29) is 0 Å². The first-order valence-electron chi connectivity index (χ1n) is 7.89. The number of aromatic amines is 1. The number of H-pyrrole nitrogens is 1. The molecule has 0 saturated heterocycles. The molecular formula is C19H18N4O. The van der Waals surface area contributed by atoms with E-state index in [1.165, 1.54) is 16.3 Å². The molecule has 0 aliphatic carbocycles. The van der Waals surface area contributed by atoms with E-state index in [2.05, 4.69) is 57.1 Å². The predicted octanol–water partition coefficient (Wildman–Crippen LogP) is 3.41. The van der Waals surface area contributed by atoms with Gasteiger partial charge in [-0.25, -0.2) is 0 Å². The van der Waals surface area contributed by atoms with Crippen LogP contribution in [-0.4, -0.2) is 22.5 Å². The SMILES string of the molecule is COc1cc2ccccc2cc1CNCc1ccc2n[nH]nc2c1. The molecule has 0 radical (unpaired) electrons. The van der Waals surface area contributed by atoms with Crippen LogP contribution < -0.4 is 10.1 Å². The molecular weight excluding hydrogens is 300 g/mol. The Labute approximate surface area is 139 Å². The average Bonchev–Trinajstić information content (AvgIpc) is 3.09. The average molecular weight is 318 g/mol. The van der Waals surface area contributed by atoms with Crippen molar-refractivity contribution in [1.29, 1.82) is 0 Å². The summed E-state index contributed by atoms with van der Waals surface area (Å²) in [5, 5.41) is 16.7. The zero-order valence-corrected chi connectivity index (χ0v) is 13.4. The van der Waals surface area contributed by atoms with Crippen molar-refractivity contribution in [2.45, 2.75) is 13.1 Å². The maximum absolute atomic E-state index is 5.54. The highest BCUT2D eigenvalue weighted by Gasteiger charge is 2.06. The third-order valence-electron chi connectivity index (χ3n) is 4.17. The van der Waals surface area contributed by atoms with E-state index < -0.39 is 0 Å². The van der Waals surface area contributed by atoms with E-state index in [9.17, 15) is 0 Å². The van der Waals surface area contributed by atoms with Crippen molar-refractivity contribution in [2.75, 3.05) is 7.11 Å². The zero-order chi connectivity index (χ0) is 16.4. The van der Waals surface area contributed by atoms with Crippen LogP contribution in [0.2, 0.25) is 0 Å². The van der Waals surface area contributed by atoms with Crippen molar-refractivity contribution in [3.8, 4) is 5.75 Å². The van der Waals surface area contributed by atoms with Crippen molar-refractivity contribution >= 4 is 21.8 Å². The smallest absolute Gasteiger partial charge is 0.123 e. The number of benzene rings is 3. The van der Waals surface area contributed by atoms with Gasteiger partial charge in [0.25, 0.3) is 0 Å². The Morgan fingerprint density at radius 2 is 1.71 bits per heavy atom. The third kappa shape index (κ3) is 2.81. The van der Waals surface area contributed by atoms with Crippen LogP contribution in [-0.2, 0) is 13.1 Å². The first kappa shape index (κ1) is 14.7. The molecule has 0 spiro atoms. The number of hydrogen-bond acceptors (Lipinski definition) is 4. The number of methoxy groups -OCH3 is 1. The number of fused-ring (bicyclic) bond motifs is 2. The summed E-state index contributed by atoms with van der Waals surface area (Å²) in [6.45, 7) is 1.50. The quantitative estimate of drug-likeness (QED) is 0.592. The molecule has 0 amide bonds. The largest absolute Gasteiger partial charge is 0.496 e. The Morgan fingerprint density at radius 3 is 2.54 bits per heavy atom. The summed E-state index contributed by atoms with van der Waals surface area (Å²) in [6.07, 6.45) is 0. The molecule has 2 N–H and O–H groups in total. The molecule has 0 atom stereocenters. The lowest BCUT2D eigenvalue weighted by atomic mass is 10.1. The minimum Gasteiger partial charge on any atom is -0.496 e. The first-order valence-corrected chi connectivity index (χ1v) is 7.89. The van der Waals surface area contributed by atoms with Gasteiger partial charge >= 0.3 is 0 Å². The summed E-state index contributed by atoms with van der Waals surface area (Å²) >= 11 is 0. The second-order valence-corrected chi connectivity index (χ2v) is 5.76. The lowest BCUT2D eigenvalue weighted by molar-refractivity contribution is 0.408. The summed E-state index contributed by atoms with van der Waals surface area (Å²) in [4.78, 5) is 0. The van der Waals surface area contributed by atoms with Gasteiger partial charge in [0.2, 0.25) is 0 Å². The minimum absolute atomic E-state index is 0.741. The van der Waals surface area contributed by atoms with E-state index in [1.54, 1.807) is 7.11 Å². The molecule has 0 aliphatic rings. The lowest BCUT2D eigenvalue weighted by Crippen LogP contribution is -2.13. The number of nitrogens with zero attached hydrogens (tertiary/aromatic N) is 2. The van der Waals surface area contributed by atoms with Crippen LogP contribution in [0, 0.1) is 0 Å². The van der Waals surface area contributed by atoms with Gasteiger partial charge in [-0.3, -0.25) is 0 Å². The summed E-state index contributed by atoms with van der Waals surface area (Å²) in [6, 6.07) is 18.7. The highest BCUT2D eigenvalue weighted by atomic mass is 16.5. The van der Waals surface area contributed by atoms with Gasteiger partial charge in [0.1, 0.15) is 16.8 Å². The van der Waals surface area contributed by atoms with E-state index in [0.29, 0.717) is 0 Å². The molecule has 5 nitrogen and oxygen atoms in total. The molecule has 0 saturated carbocycles. The second kappa shape index (κ2) is 6.29. The molecule has 1 heterocycles. The summed E-state index contributed by atoms with van der Waals surface area (Å²) in [5.74, 6) is 0.910.